The zero-order valence-corrected chi connectivity index (χ0v) is 9.21. The van der Waals surface area contributed by atoms with E-state index in [2.05, 4.69) is 4.74 Å². The van der Waals surface area contributed by atoms with E-state index in [1.54, 1.807) is 6.92 Å². The summed E-state index contributed by atoms with van der Waals surface area (Å²) >= 11 is 0. The van der Waals surface area contributed by atoms with Gasteiger partial charge in [-0.2, -0.15) is 5.26 Å². The van der Waals surface area contributed by atoms with Crippen LogP contribution in [-0.2, 0) is 6.42 Å². The van der Waals surface area contributed by atoms with E-state index in [0.717, 1.165) is 12.1 Å². The van der Waals surface area contributed by atoms with E-state index in [0.29, 0.717) is 0 Å². The van der Waals surface area contributed by atoms with Crippen LogP contribution in [-0.4, -0.2) is 17.4 Å². The lowest BCUT2D eigenvalue weighted by atomic mass is 10.0. The highest BCUT2D eigenvalue weighted by Gasteiger charge is 2.32. The summed E-state index contributed by atoms with van der Waals surface area (Å²) in [5.74, 6) is -1.99. The van der Waals surface area contributed by atoms with Gasteiger partial charge in [0, 0.05) is 0 Å². The van der Waals surface area contributed by atoms with Gasteiger partial charge in [0.1, 0.15) is 11.8 Å². The number of carbonyl (C=O) groups is 1. The second-order valence-corrected chi connectivity index (χ2v) is 3.32. The predicted molar refractivity (Wildman–Crippen MR) is 54.2 cm³/mol. The highest BCUT2D eigenvalue weighted by Crippen LogP contribution is 2.29. The lowest BCUT2D eigenvalue weighted by Gasteiger charge is -2.13. The fourth-order valence-electron chi connectivity index (χ4n) is 1.41. The molecule has 18 heavy (non-hydrogen) atoms. The molecule has 0 atom stereocenters. The average molecular weight is 259 g/mol. The third-order valence-electron chi connectivity index (χ3n) is 2.16. The molecule has 0 saturated carbocycles. The molecule has 0 aliphatic carbocycles. The number of carboxylic acid groups (broad SMARTS) is 1. The van der Waals surface area contributed by atoms with Crippen molar-refractivity contribution in [1.82, 2.24) is 0 Å². The molecule has 0 aliphatic rings. The maximum Gasteiger partial charge on any atom is 0.573 e. The molecule has 0 fully saturated rings. The van der Waals surface area contributed by atoms with Gasteiger partial charge in [0.15, 0.2) is 0 Å². The molecule has 7 heteroatoms. The van der Waals surface area contributed by atoms with Crippen LogP contribution in [0.25, 0.3) is 0 Å². The van der Waals surface area contributed by atoms with Crippen LogP contribution in [0.2, 0.25) is 0 Å². The molecule has 0 bridgehead atoms. The van der Waals surface area contributed by atoms with Crippen molar-refractivity contribution in [3.63, 3.8) is 0 Å². The van der Waals surface area contributed by atoms with Crippen LogP contribution in [0, 0.1) is 11.3 Å². The number of rotatable bonds is 3. The van der Waals surface area contributed by atoms with Gasteiger partial charge in [-0.1, -0.05) is 6.92 Å². The second kappa shape index (κ2) is 4.96. The van der Waals surface area contributed by atoms with E-state index in [1.165, 1.54) is 6.07 Å². The normalized spacial score (nSPS) is 10.8. The Hall–Kier alpha value is -2.23. The fourth-order valence-corrected chi connectivity index (χ4v) is 1.41. The molecule has 0 radical (unpaired) electrons. The summed E-state index contributed by atoms with van der Waals surface area (Å²) in [7, 11) is 0. The number of ether oxygens (including phenoxy) is 1. The zero-order chi connectivity index (χ0) is 13.9. The van der Waals surface area contributed by atoms with E-state index < -0.39 is 23.6 Å². The monoisotopic (exact) mass is 259 g/mol. The Morgan fingerprint density at radius 3 is 2.50 bits per heavy atom. The highest BCUT2D eigenvalue weighted by molar-refractivity contribution is 5.90. The van der Waals surface area contributed by atoms with Gasteiger partial charge < -0.3 is 9.84 Å². The van der Waals surface area contributed by atoms with E-state index in [-0.39, 0.29) is 17.5 Å². The number of benzene rings is 1. The van der Waals surface area contributed by atoms with Crippen molar-refractivity contribution < 1.29 is 27.8 Å². The number of carboxylic acids is 1. The number of alkyl halides is 3. The van der Waals surface area contributed by atoms with Crippen molar-refractivity contribution in [1.29, 1.82) is 5.26 Å². The molecule has 0 unspecified atom stereocenters. The predicted octanol–water partition coefficient (Wildman–Crippen LogP) is 2.72. The van der Waals surface area contributed by atoms with Crippen LogP contribution in [0.1, 0.15) is 28.4 Å². The summed E-state index contributed by atoms with van der Waals surface area (Å²) in [6.07, 6.45) is -4.72. The Morgan fingerprint density at radius 1 is 1.50 bits per heavy atom. The minimum absolute atomic E-state index is 0.167. The second-order valence-electron chi connectivity index (χ2n) is 3.32. The molecule has 1 aromatic rings. The van der Waals surface area contributed by atoms with Crippen LogP contribution < -0.4 is 4.74 Å². The molecular formula is C11H8F3NO3. The molecule has 0 spiro atoms. The summed E-state index contributed by atoms with van der Waals surface area (Å²) in [6.45, 7) is 1.59. The van der Waals surface area contributed by atoms with Crippen LogP contribution in [0.5, 0.6) is 5.75 Å². The minimum Gasteiger partial charge on any atom is -0.478 e. The maximum atomic E-state index is 12.1. The number of halogens is 3. The molecule has 0 aliphatic heterocycles. The first-order valence-electron chi connectivity index (χ1n) is 4.84. The molecule has 1 rings (SSSR count). The van der Waals surface area contributed by atoms with Crippen LogP contribution in [0.4, 0.5) is 13.2 Å². The third-order valence-corrected chi connectivity index (χ3v) is 2.16. The molecule has 0 amide bonds. The Kier molecular flexibility index (Phi) is 3.81. The van der Waals surface area contributed by atoms with Gasteiger partial charge in [-0.15, -0.1) is 13.2 Å². The van der Waals surface area contributed by atoms with E-state index in [4.69, 9.17) is 10.4 Å². The van der Waals surface area contributed by atoms with Crippen molar-refractivity contribution in [2.24, 2.45) is 0 Å². The van der Waals surface area contributed by atoms with Gasteiger partial charge in [-0.25, -0.2) is 4.79 Å². The van der Waals surface area contributed by atoms with Gasteiger partial charge in [0.25, 0.3) is 0 Å². The van der Waals surface area contributed by atoms with Crippen molar-refractivity contribution in [2.45, 2.75) is 19.7 Å². The molecule has 1 N–H and O–H groups in total. The number of aryl methyl sites for hydroxylation is 1. The summed E-state index contributed by atoms with van der Waals surface area (Å²) in [6, 6.07) is 3.28. The standard InChI is InChI=1S/C11H8F3NO3/c1-2-6-4-9(18-11(12,13)14)7(5-15)3-8(6)10(16)17/h3-4H,2H2,1H3,(H,16,17). The quantitative estimate of drug-likeness (QED) is 0.905. The summed E-state index contributed by atoms with van der Waals surface area (Å²) in [4.78, 5) is 10.9. The fraction of sp³-hybridized carbons (Fsp3) is 0.273. The number of nitrogens with zero attached hydrogens (tertiary/aromatic N) is 1. The number of aromatic carboxylic acids is 1. The SMILES string of the molecule is CCc1cc(OC(F)(F)F)c(C#N)cc1C(=O)O. The number of hydrogen-bond donors (Lipinski definition) is 1. The van der Waals surface area contributed by atoms with Crippen molar-refractivity contribution in [3.8, 4) is 11.8 Å². The minimum atomic E-state index is -4.93. The van der Waals surface area contributed by atoms with Gasteiger partial charge in [-0.3, -0.25) is 0 Å². The molecular weight excluding hydrogens is 251 g/mol. The van der Waals surface area contributed by atoms with Crippen LogP contribution in [0.15, 0.2) is 12.1 Å². The van der Waals surface area contributed by atoms with E-state index >= 15 is 0 Å². The number of hydrogen-bond acceptors (Lipinski definition) is 3. The molecule has 4 nitrogen and oxygen atoms in total. The Bertz CT molecular complexity index is 517. The molecule has 96 valence electrons. The molecule has 0 saturated heterocycles. The molecule has 0 aromatic heterocycles. The van der Waals surface area contributed by atoms with Crippen molar-refractivity contribution in [3.05, 3.63) is 28.8 Å². The Balaban J connectivity index is 3.37. The van der Waals surface area contributed by atoms with Crippen LogP contribution in [0.3, 0.4) is 0 Å². The van der Waals surface area contributed by atoms with Crippen molar-refractivity contribution in [2.75, 3.05) is 0 Å². The Labute approximate surface area is 100 Å². The van der Waals surface area contributed by atoms with Gasteiger partial charge in [0.05, 0.1) is 11.1 Å². The van der Waals surface area contributed by atoms with E-state index in [9.17, 15) is 18.0 Å². The largest absolute Gasteiger partial charge is 0.573 e. The lowest BCUT2D eigenvalue weighted by molar-refractivity contribution is -0.274. The van der Waals surface area contributed by atoms with Gasteiger partial charge in [-0.05, 0) is 24.1 Å². The van der Waals surface area contributed by atoms with Crippen molar-refractivity contribution >= 4 is 5.97 Å². The highest BCUT2D eigenvalue weighted by atomic mass is 19.4. The number of nitriles is 1. The van der Waals surface area contributed by atoms with Gasteiger partial charge >= 0.3 is 12.3 Å². The topological polar surface area (TPSA) is 70.3 Å². The first-order chi connectivity index (χ1) is 8.28. The Morgan fingerprint density at radius 2 is 2.11 bits per heavy atom. The first-order valence-corrected chi connectivity index (χ1v) is 4.84. The summed E-state index contributed by atoms with van der Waals surface area (Å²) < 4.78 is 40.0. The third kappa shape index (κ3) is 3.13. The molecule has 0 heterocycles. The van der Waals surface area contributed by atoms with E-state index in [1.807, 2.05) is 0 Å². The summed E-state index contributed by atoms with van der Waals surface area (Å²) in [5, 5.41) is 17.6. The molecule has 1 aromatic carbocycles. The zero-order valence-electron chi connectivity index (χ0n) is 9.21. The van der Waals surface area contributed by atoms with Crippen LogP contribution >= 0.6 is 0 Å². The summed E-state index contributed by atoms with van der Waals surface area (Å²) in [5.41, 5.74) is -0.508. The van der Waals surface area contributed by atoms with Gasteiger partial charge in [0.2, 0.25) is 0 Å². The maximum absolute atomic E-state index is 12.1. The smallest absolute Gasteiger partial charge is 0.478 e. The first kappa shape index (κ1) is 13.8. The lowest BCUT2D eigenvalue weighted by Crippen LogP contribution is -2.18. The average Bonchev–Trinajstić information content (AvgIpc) is 2.25.